The van der Waals surface area contributed by atoms with E-state index in [4.69, 9.17) is 14.2 Å². The molecule has 0 radical (unpaired) electrons. The Labute approximate surface area is 215 Å². The molecule has 1 atom stereocenters. The average Bonchev–Trinajstić information content (AvgIpc) is 3.65. The fourth-order valence-corrected chi connectivity index (χ4v) is 5.68. The number of thiophene rings is 1. The van der Waals surface area contributed by atoms with Gasteiger partial charge in [0, 0.05) is 17.5 Å². The lowest BCUT2D eigenvalue weighted by Crippen LogP contribution is -2.48. The normalized spacial score (nSPS) is 16.7. The van der Waals surface area contributed by atoms with Crippen LogP contribution < -0.4 is 14.2 Å². The van der Waals surface area contributed by atoms with Crippen LogP contribution in [0.2, 0.25) is 0 Å². The minimum atomic E-state index is -0.236. The van der Waals surface area contributed by atoms with Gasteiger partial charge in [-0.1, -0.05) is 24.3 Å². The summed E-state index contributed by atoms with van der Waals surface area (Å²) in [4.78, 5) is 32.1. The number of para-hydroxylation sites is 3. The number of benzene rings is 2. The molecule has 2 aromatic carbocycles. The van der Waals surface area contributed by atoms with Crippen LogP contribution in [-0.2, 0) is 11.2 Å². The van der Waals surface area contributed by atoms with Gasteiger partial charge >= 0.3 is 0 Å². The van der Waals surface area contributed by atoms with Gasteiger partial charge in [-0.25, -0.2) is 0 Å². The van der Waals surface area contributed by atoms with E-state index in [0.717, 1.165) is 24.8 Å². The van der Waals surface area contributed by atoms with Crippen LogP contribution in [0, 0.1) is 0 Å². The fraction of sp³-hybridized carbons (Fsp3) is 0.357. The van der Waals surface area contributed by atoms with Crippen molar-refractivity contribution in [2.24, 2.45) is 0 Å². The zero-order chi connectivity index (χ0) is 25.1. The monoisotopic (exact) mass is 506 g/mol. The van der Waals surface area contributed by atoms with Crippen molar-refractivity contribution in [3.63, 3.8) is 0 Å². The summed E-state index contributed by atoms with van der Waals surface area (Å²) < 4.78 is 17.0. The van der Waals surface area contributed by atoms with Gasteiger partial charge in [0.1, 0.15) is 18.9 Å². The quantitative estimate of drug-likeness (QED) is 0.425. The minimum absolute atomic E-state index is 0.0339. The lowest BCUT2D eigenvalue weighted by molar-refractivity contribution is -0.135. The third kappa shape index (κ3) is 4.91. The van der Waals surface area contributed by atoms with Crippen molar-refractivity contribution < 1.29 is 23.8 Å². The van der Waals surface area contributed by atoms with Crippen LogP contribution in [-0.4, -0.2) is 61.6 Å². The maximum Gasteiger partial charge on any atom is 0.258 e. The van der Waals surface area contributed by atoms with Gasteiger partial charge in [0.2, 0.25) is 5.91 Å². The molecule has 1 aliphatic carbocycles. The van der Waals surface area contributed by atoms with Crippen LogP contribution in [0.5, 0.6) is 17.2 Å². The molecule has 0 bridgehead atoms. The highest BCUT2D eigenvalue weighted by Crippen LogP contribution is 2.36. The van der Waals surface area contributed by atoms with E-state index < -0.39 is 0 Å². The number of amides is 2. The topological polar surface area (TPSA) is 68.3 Å². The standard InChI is InChI=1S/C28H30N2O5S/c1-33-23-8-4-3-7-21(23)28(32)30(19-11-12-19)17-27(31)29-15-13-26-20(14-16-36-26)22(29)18-35-25-10-6-5-9-24(25)34-2/h3-10,14,16,19,22H,11-13,15,17-18H2,1-2H3. The first kappa shape index (κ1) is 24.2. The summed E-state index contributed by atoms with van der Waals surface area (Å²) in [7, 11) is 3.16. The van der Waals surface area contributed by atoms with Crippen molar-refractivity contribution in [1.82, 2.24) is 9.80 Å². The molecule has 1 aromatic heterocycles. The van der Waals surface area contributed by atoms with Gasteiger partial charge in [-0.05, 0) is 60.5 Å². The smallest absolute Gasteiger partial charge is 0.258 e. The van der Waals surface area contributed by atoms with Crippen molar-refractivity contribution in [1.29, 1.82) is 0 Å². The predicted molar refractivity (Wildman–Crippen MR) is 138 cm³/mol. The number of carbonyl (C=O) groups excluding carboxylic acids is 2. The summed E-state index contributed by atoms with van der Waals surface area (Å²) in [6.07, 6.45) is 2.61. The van der Waals surface area contributed by atoms with Crippen LogP contribution >= 0.6 is 11.3 Å². The molecular formula is C28H30N2O5S. The summed E-state index contributed by atoms with van der Waals surface area (Å²) >= 11 is 1.71. The van der Waals surface area contributed by atoms with Gasteiger partial charge in [-0.15, -0.1) is 11.3 Å². The van der Waals surface area contributed by atoms with Gasteiger partial charge in [-0.3, -0.25) is 9.59 Å². The van der Waals surface area contributed by atoms with E-state index in [-0.39, 0.29) is 30.4 Å². The Hall–Kier alpha value is -3.52. The Bertz CT molecular complexity index is 1240. The number of nitrogens with zero attached hydrogens (tertiary/aromatic N) is 2. The van der Waals surface area contributed by atoms with Gasteiger partial charge < -0.3 is 24.0 Å². The van der Waals surface area contributed by atoms with Crippen molar-refractivity contribution in [3.05, 3.63) is 76.0 Å². The van der Waals surface area contributed by atoms with Crippen molar-refractivity contribution in [2.45, 2.75) is 31.3 Å². The molecule has 1 saturated carbocycles. The third-order valence-electron chi connectivity index (χ3n) is 6.77. The Morgan fingerprint density at radius 3 is 2.39 bits per heavy atom. The predicted octanol–water partition coefficient (Wildman–Crippen LogP) is 4.57. The molecule has 0 saturated heterocycles. The maximum absolute atomic E-state index is 13.7. The van der Waals surface area contributed by atoms with Crippen LogP contribution in [0.15, 0.2) is 60.0 Å². The molecule has 2 amide bonds. The van der Waals surface area contributed by atoms with E-state index in [9.17, 15) is 9.59 Å². The van der Waals surface area contributed by atoms with Gasteiger partial charge in [0.15, 0.2) is 11.5 Å². The summed E-state index contributed by atoms with van der Waals surface area (Å²) in [5, 5.41) is 2.07. The number of rotatable bonds is 9. The lowest BCUT2D eigenvalue weighted by Gasteiger charge is -2.37. The lowest BCUT2D eigenvalue weighted by atomic mass is 10.00. The second-order valence-electron chi connectivity index (χ2n) is 8.98. The largest absolute Gasteiger partial charge is 0.496 e. The molecule has 0 N–H and O–H groups in total. The molecule has 5 rings (SSSR count). The molecule has 8 heteroatoms. The molecule has 2 aliphatic rings. The van der Waals surface area contributed by atoms with Crippen molar-refractivity contribution in [2.75, 3.05) is 33.9 Å². The molecule has 1 unspecified atom stereocenters. The zero-order valence-electron chi connectivity index (χ0n) is 20.5. The van der Waals surface area contributed by atoms with Crippen molar-refractivity contribution >= 4 is 23.2 Å². The Balaban J connectivity index is 1.36. The highest BCUT2D eigenvalue weighted by Gasteiger charge is 2.38. The summed E-state index contributed by atoms with van der Waals surface area (Å²) in [5.74, 6) is 1.57. The van der Waals surface area contributed by atoms with Crippen LogP contribution in [0.3, 0.4) is 0 Å². The molecule has 0 spiro atoms. The maximum atomic E-state index is 13.7. The fourth-order valence-electron chi connectivity index (χ4n) is 4.75. The molecule has 1 fully saturated rings. The molecular weight excluding hydrogens is 476 g/mol. The highest BCUT2D eigenvalue weighted by molar-refractivity contribution is 7.10. The molecule has 7 nitrogen and oxygen atoms in total. The zero-order valence-corrected chi connectivity index (χ0v) is 21.3. The van der Waals surface area contributed by atoms with E-state index in [1.165, 1.54) is 4.88 Å². The van der Waals surface area contributed by atoms with Crippen LogP contribution in [0.4, 0.5) is 0 Å². The molecule has 1 aliphatic heterocycles. The second-order valence-corrected chi connectivity index (χ2v) is 9.98. The SMILES string of the molecule is COc1ccccc1OCC1c2ccsc2CCN1C(=O)CN(C(=O)c1ccccc1OC)C1CC1. The Morgan fingerprint density at radius 1 is 0.972 bits per heavy atom. The second kappa shape index (κ2) is 10.6. The first-order chi connectivity index (χ1) is 17.6. The van der Waals surface area contributed by atoms with E-state index in [2.05, 4.69) is 11.4 Å². The van der Waals surface area contributed by atoms with Crippen LogP contribution in [0.25, 0.3) is 0 Å². The Kier molecular flexibility index (Phi) is 7.13. The number of fused-ring (bicyclic) bond motifs is 1. The van der Waals surface area contributed by atoms with Gasteiger partial charge in [0.05, 0.1) is 25.8 Å². The summed E-state index contributed by atoms with van der Waals surface area (Å²) in [5.41, 5.74) is 1.60. The summed E-state index contributed by atoms with van der Waals surface area (Å²) in [6, 6.07) is 16.6. The van der Waals surface area contributed by atoms with E-state index in [1.807, 2.05) is 41.3 Å². The van der Waals surface area contributed by atoms with Crippen LogP contribution in [0.1, 0.15) is 39.7 Å². The number of carbonyl (C=O) groups is 2. The van der Waals surface area contributed by atoms with Gasteiger partial charge in [0.25, 0.3) is 5.91 Å². The highest BCUT2D eigenvalue weighted by atomic mass is 32.1. The molecule has 36 heavy (non-hydrogen) atoms. The number of ether oxygens (including phenoxy) is 3. The number of hydrogen-bond acceptors (Lipinski definition) is 6. The molecule has 2 heterocycles. The van der Waals surface area contributed by atoms with E-state index in [1.54, 1.807) is 42.6 Å². The van der Waals surface area contributed by atoms with Gasteiger partial charge in [-0.2, -0.15) is 0 Å². The molecule has 3 aromatic rings. The summed E-state index contributed by atoms with van der Waals surface area (Å²) in [6.45, 7) is 0.930. The van der Waals surface area contributed by atoms with E-state index >= 15 is 0 Å². The minimum Gasteiger partial charge on any atom is -0.496 e. The average molecular weight is 507 g/mol. The number of methoxy groups -OCH3 is 2. The number of hydrogen-bond donors (Lipinski definition) is 0. The van der Waals surface area contributed by atoms with E-state index in [0.29, 0.717) is 36.0 Å². The Morgan fingerprint density at radius 2 is 1.67 bits per heavy atom. The third-order valence-corrected chi connectivity index (χ3v) is 7.77. The molecule has 188 valence electrons. The van der Waals surface area contributed by atoms with Crippen molar-refractivity contribution in [3.8, 4) is 17.2 Å². The first-order valence-corrected chi connectivity index (χ1v) is 13.0. The first-order valence-electron chi connectivity index (χ1n) is 12.2.